The molecule has 1 rings (SSSR count). The van der Waals surface area contributed by atoms with Crippen molar-refractivity contribution in [2.75, 3.05) is 6.61 Å². The number of rotatable bonds is 2. The molecule has 3 heteroatoms. The van der Waals surface area contributed by atoms with Gasteiger partial charge in [-0.15, -0.1) is 0 Å². The van der Waals surface area contributed by atoms with Crippen LogP contribution < -0.4 is 0 Å². The van der Waals surface area contributed by atoms with Crippen LogP contribution in [-0.4, -0.2) is 12.6 Å². The third-order valence-corrected chi connectivity index (χ3v) is 2.00. The molecule has 0 heterocycles. The van der Waals surface area contributed by atoms with Crippen molar-refractivity contribution >= 4 is 5.97 Å². The summed E-state index contributed by atoms with van der Waals surface area (Å²) < 4.78 is 18.0. The fraction of sp³-hybridized carbons (Fsp3) is 0.364. The van der Waals surface area contributed by atoms with Gasteiger partial charge in [0.1, 0.15) is 5.82 Å². The number of aryl methyl sites for hydroxylation is 2. The molecule has 0 spiro atoms. The molecule has 1 aromatic rings. The maximum Gasteiger partial charge on any atom is 0.338 e. The van der Waals surface area contributed by atoms with Gasteiger partial charge in [-0.3, -0.25) is 0 Å². The molecular formula is C11H13FO2. The van der Waals surface area contributed by atoms with Gasteiger partial charge >= 0.3 is 5.97 Å². The molecular weight excluding hydrogens is 183 g/mol. The highest BCUT2D eigenvalue weighted by Gasteiger charge is 2.12. The largest absolute Gasteiger partial charge is 0.462 e. The second-order valence-electron chi connectivity index (χ2n) is 3.14. The molecule has 0 unspecified atom stereocenters. The van der Waals surface area contributed by atoms with Gasteiger partial charge in [-0.1, -0.05) is 6.07 Å². The summed E-state index contributed by atoms with van der Waals surface area (Å²) in [6.45, 7) is 5.45. The number of esters is 1. The fourth-order valence-corrected chi connectivity index (χ4v) is 1.25. The Balaban J connectivity index is 3.09. The highest BCUT2D eigenvalue weighted by atomic mass is 19.1. The Labute approximate surface area is 82.7 Å². The molecule has 1 aromatic carbocycles. The van der Waals surface area contributed by atoms with E-state index in [-0.39, 0.29) is 5.82 Å². The van der Waals surface area contributed by atoms with E-state index in [1.807, 2.05) is 0 Å². The lowest BCUT2D eigenvalue weighted by Gasteiger charge is -2.06. The van der Waals surface area contributed by atoms with Crippen molar-refractivity contribution in [1.29, 1.82) is 0 Å². The molecule has 76 valence electrons. The molecule has 0 saturated carbocycles. The van der Waals surface area contributed by atoms with Gasteiger partial charge in [0.05, 0.1) is 12.2 Å². The van der Waals surface area contributed by atoms with Crippen LogP contribution >= 0.6 is 0 Å². The van der Waals surface area contributed by atoms with Gasteiger partial charge in [0.15, 0.2) is 0 Å². The number of hydrogen-bond acceptors (Lipinski definition) is 2. The van der Waals surface area contributed by atoms with Crippen LogP contribution in [0.1, 0.15) is 28.4 Å². The lowest BCUT2D eigenvalue weighted by molar-refractivity contribution is 0.0525. The standard InChI is InChI=1S/C11H13FO2/c1-4-14-11(13)9-6-10(12)8(3)5-7(9)2/h5-6H,4H2,1-3H3. The normalized spacial score (nSPS) is 10.0. The van der Waals surface area contributed by atoms with Crippen molar-refractivity contribution in [2.45, 2.75) is 20.8 Å². The number of ether oxygens (including phenoxy) is 1. The topological polar surface area (TPSA) is 26.3 Å². The first kappa shape index (κ1) is 10.7. The monoisotopic (exact) mass is 196 g/mol. The van der Waals surface area contributed by atoms with Crippen molar-refractivity contribution in [2.24, 2.45) is 0 Å². The first-order valence-electron chi connectivity index (χ1n) is 4.50. The minimum Gasteiger partial charge on any atom is -0.462 e. The maximum absolute atomic E-state index is 13.2. The number of hydrogen-bond donors (Lipinski definition) is 0. The fourth-order valence-electron chi connectivity index (χ4n) is 1.25. The van der Waals surface area contributed by atoms with E-state index in [9.17, 15) is 9.18 Å². The molecule has 0 amide bonds. The number of benzene rings is 1. The van der Waals surface area contributed by atoms with E-state index in [0.717, 1.165) is 5.56 Å². The summed E-state index contributed by atoms with van der Waals surface area (Å²) in [7, 11) is 0. The summed E-state index contributed by atoms with van der Waals surface area (Å²) in [5.41, 5.74) is 1.58. The minimum absolute atomic E-state index is 0.299. The Morgan fingerprint density at radius 1 is 1.36 bits per heavy atom. The van der Waals surface area contributed by atoms with Crippen molar-refractivity contribution < 1.29 is 13.9 Å². The van der Waals surface area contributed by atoms with Crippen LogP contribution in [0.25, 0.3) is 0 Å². The zero-order chi connectivity index (χ0) is 10.7. The van der Waals surface area contributed by atoms with E-state index in [0.29, 0.717) is 17.7 Å². The predicted molar refractivity (Wildman–Crippen MR) is 51.8 cm³/mol. The van der Waals surface area contributed by atoms with Crippen LogP contribution in [0.2, 0.25) is 0 Å². The molecule has 0 aliphatic rings. The molecule has 0 bridgehead atoms. The summed E-state index contributed by atoms with van der Waals surface area (Å²) in [6.07, 6.45) is 0. The van der Waals surface area contributed by atoms with Gasteiger partial charge < -0.3 is 4.74 Å². The van der Waals surface area contributed by atoms with Crippen LogP contribution in [0.15, 0.2) is 12.1 Å². The Bertz CT molecular complexity index is 359. The van der Waals surface area contributed by atoms with Crippen molar-refractivity contribution in [3.05, 3.63) is 34.6 Å². The van der Waals surface area contributed by atoms with E-state index in [2.05, 4.69) is 0 Å². The SMILES string of the molecule is CCOC(=O)c1cc(F)c(C)cc1C. The lowest BCUT2D eigenvalue weighted by atomic mass is 10.1. The highest BCUT2D eigenvalue weighted by Crippen LogP contribution is 2.15. The Morgan fingerprint density at radius 2 is 2.00 bits per heavy atom. The van der Waals surface area contributed by atoms with Gasteiger partial charge in [-0.25, -0.2) is 9.18 Å². The smallest absolute Gasteiger partial charge is 0.338 e. The van der Waals surface area contributed by atoms with Gasteiger partial charge in [0.2, 0.25) is 0 Å². The van der Waals surface area contributed by atoms with E-state index < -0.39 is 5.97 Å². The Hall–Kier alpha value is -1.38. The van der Waals surface area contributed by atoms with Gasteiger partial charge in [0, 0.05) is 0 Å². The number of carbonyl (C=O) groups is 1. The molecule has 0 N–H and O–H groups in total. The van der Waals surface area contributed by atoms with Crippen molar-refractivity contribution in [3.63, 3.8) is 0 Å². The van der Waals surface area contributed by atoms with Crippen LogP contribution in [0.5, 0.6) is 0 Å². The van der Waals surface area contributed by atoms with Crippen LogP contribution in [-0.2, 0) is 4.74 Å². The average molecular weight is 196 g/mol. The summed E-state index contributed by atoms with van der Waals surface area (Å²) in [5, 5.41) is 0. The zero-order valence-electron chi connectivity index (χ0n) is 8.56. The predicted octanol–water partition coefficient (Wildman–Crippen LogP) is 2.62. The molecule has 0 aromatic heterocycles. The third kappa shape index (κ3) is 2.10. The number of carbonyl (C=O) groups excluding carboxylic acids is 1. The quantitative estimate of drug-likeness (QED) is 0.679. The van der Waals surface area contributed by atoms with Gasteiger partial charge in [-0.05, 0) is 38.0 Å². The molecule has 0 aliphatic carbocycles. The summed E-state index contributed by atoms with van der Waals surface area (Å²) >= 11 is 0. The molecule has 0 fully saturated rings. The number of halogens is 1. The molecule has 2 nitrogen and oxygen atoms in total. The molecule has 14 heavy (non-hydrogen) atoms. The second kappa shape index (κ2) is 4.22. The van der Waals surface area contributed by atoms with Crippen molar-refractivity contribution in [3.8, 4) is 0 Å². The second-order valence-corrected chi connectivity index (χ2v) is 3.14. The van der Waals surface area contributed by atoms with E-state index in [1.165, 1.54) is 6.07 Å². The lowest BCUT2D eigenvalue weighted by Crippen LogP contribution is -2.07. The van der Waals surface area contributed by atoms with Crippen LogP contribution in [0.3, 0.4) is 0 Å². The zero-order valence-corrected chi connectivity index (χ0v) is 8.56. The molecule has 0 radical (unpaired) electrons. The van der Waals surface area contributed by atoms with Crippen molar-refractivity contribution in [1.82, 2.24) is 0 Å². The van der Waals surface area contributed by atoms with E-state index in [1.54, 1.807) is 26.8 Å². The van der Waals surface area contributed by atoms with Crippen LogP contribution in [0.4, 0.5) is 4.39 Å². The summed E-state index contributed by atoms with van der Waals surface area (Å²) in [5.74, 6) is -0.845. The maximum atomic E-state index is 13.2. The van der Waals surface area contributed by atoms with E-state index >= 15 is 0 Å². The minimum atomic E-state index is -0.469. The molecule has 0 aliphatic heterocycles. The molecule has 0 saturated heterocycles. The average Bonchev–Trinajstić information content (AvgIpc) is 2.11. The first-order chi connectivity index (χ1) is 6.56. The Kier molecular flexibility index (Phi) is 3.23. The summed E-state index contributed by atoms with van der Waals surface area (Å²) in [4.78, 5) is 11.3. The van der Waals surface area contributed by atoms with E-state index in [4.69, 9.17) is 4.74 Å². The van der Waals surface area contributed by atoms with Gasteiger partial charge in [0.25, 0.3) is 0 Å². The third-order valence-electron chi connectivity index (χ3n) is 2.00. The van der Waals surface area contributed by atoms with Gasteiger partial charge in [-0.2, -0.15) is 0 Å². The van der Waals surface area contributed by atoms with Crippen LogP contribution in [0, 0.1) is 19.7 Å². The Morgan fingerprint density at radius 3 is 2.57 bits per heavy atom. The molecule has 0 atom stereocenters. The highest BCUT2D eigenvalue weighted by molar-refractivity contribution is 5.91. The summed E-state index contributed by atoms with van der Waals surface area (Å²) in [6, 6.07) is 2.87. The first-order valence-corrected chi connectivity index (χ1v) is 4.50.